The van der Waals surface area contributed by atoms with Crippen LogP contribution < -0.4 is 5.73 Å². The maximum Gasteiger partial charge on any atom is 0.252 e. The first-order valence-electron chi connectivity index (χ1n) is 5.99. The zero-order valence-electron chi connectivity index (χ0n) is 10.6. The minimum Gasteiger partial charge on any atom is -0.381 e. The summed E-state index contributed by atoms with van der Waals surface area (Å²) in [6, 6.07) is 3.18. The Hall–Kier alpha value is 0.01000. The minimum absolute atomic E-state index is 0.0927. The van der Waals surface area contributed by atoms with E-state index in [0.717, 1.165) is 3.79 Å². The van der Waals surface area contributed by atoms with Crippen LogP contribution in [0.4, 0.5) is 0 Å². The number of nitrogens with zero attached hydrogens (tertiary/aromatic N) is 1. The van der Waals surface area contributed by atoms with Gasteiger partial charge in [0, 0.05) is 26.2 Å². The summed E-state index contributed by atoms with van der Waals surface area (Å²) in [5.74, 6) is 0. The molecule has 0 amide bonds. The predicted octanol–water partition coefficient (Wildman–Crippen LogP) is 1.64. The van der Waals surface area contributed by atoms with Crippen molar-refractivity contribution < 1.29 is 13.2 Å². The lowest BCUT2D eigenvalue weighted by Gasteiger charge is -2.37. The Kier molecular flexibility index (Phi) is 5.02. The van der Waals surface area contributed by atoms with Crippen LogP contribution in [-0.4, -0.2) is 45.1 Å². The van der Waals surface area contributed by atoms with Gasteiger partial charge < -0.3 is 10.5 Å². The van der Waals surface area contributed by atoms with E-state index in [-0.39, 0.29) is 12.1 Å². The van der Waals surface area contributed by atoms with Gasteiger partial charge in [0.1, 0.15) is 4.21 Å². The summed E-state index contributed by atoms with van der Waals surface area (Å²) in [6.45, 7) is 0.768. The number of hydrogen-bond donors (Lipinski definition) is 1. The van der Waals surface area contributed by atoms with E-state index in [9.17, 15) is 8.42 Å². The molecular formula is C11H17BrN2O3S2. The SMILES string of the molecule is COC1CCN(S(=O)(=O)c2ccc(Br)s2)C(CN)C1. The molecule has 8 heteroatoms. The van der Waals surface area contributed by atoms with E-state index in [0.29, 0.717) is 30.1 Å². The predicted molar refractivity (Wildman–Crippen MR) is 78.8 cm³/mol. The summed E-state index contributed by atoms with van der Waals surface area (Å²) in [6.07, 6.45) is 1.45. The highest BCUT2D eigenvalue weighted by atomic mass is 79.9. The molecule has 5 nitrogen and oxygen atoms in total. The molecule has 19 heavy (non-hydrogen) atoms. The van der Waals surface area contributed by atoms with Crippen molar-refractivity contribution in [1.82, 2.24) is 4.31 Å². The van der Waals surface area contributed by atoms with E-state index in [1.54, 1.807) is 19.2 Å². The number of halogens is 1. The number of sulfonamides is 1. The monoisotopic (exact) mass is 368 g/mol. The van der Waals surface area contributed by atoms with Gasteiger partial charge >= 0.3 is 0 Å². The third-order valence-electron chi connectivity index (χ3n) is 3.33. The van der Waals surface area contributed by atoms with Crippen molar-refractivity contribution in [3.63, 3.8) is 0 Å². The molecule has 1 saturated heterocycles. The summed E-state index contributed by atoms with van der Waals surface area (Å²) in [5.41, 5.74) is 5.72. The van der Waals surface area contributed by atoms with Crippen LogP contribution in [0.3, 0.4) is 0 Å². The number of piperidine rings is 1. The normalized spacial score (nSPS) is 25.6. The molecular weight excluding hydrogens is 352 g/mol. The van der Waals surface area contributed by atoms with Crippen molar-refractivity contribution >= 4 is 37.3 Å². The summed E-state index contributed by atoms with van der Waals surface area (Å²) >= 11 is 4.51. The van der Waals surface area contributed by atoms with Crippen LogP contribution in [0.25, 0.3) is 0 Å². The molecule has 1 aromatic rings. The molecule has 0 bridgehead atoms. The lowest BCUT2D eigenvalue weighted by Crippen LogP contribution is -2.50. The topological polar surface area (TPSA) is 72.6 Å². The molecule has 108 valence electrons. The van der Waals surface area contributed by atoms with E-state index in [1.165, 1.54) is 15.6 Å². The first-order chi connectivity index (χ1) is 8.98. The van der Waals surface area contributed by atoms with E-state index >= 15 is 0 Å². The molecule has 1 aromatic heterocycles. The maximum absolute atomic E-state index is 12.6. The summed E-state index contributed by atoms with van der Waals surface area (Å²) in [4.78, 5) is 0. The summed E-state index contributed by atoms with van der Waals surface area (Å²) in [7, 11) is -1.80. The second-order valence-corrected chi connectivity index (χ2v) is 9.03. The van der Waals surface area contributed by atoms with Crippen LogP contribution in [-0.2, 0) is 14.8 Å². The van der Waals surface area contributed by atoms with Gasteiger partial charge in [-0.3, -0.25) is 0 Å². The van der Waals surface area contributed by atoms with Crippen molar-refractivity contribution in [3.8, 4) is 0 Å². The number of methoxy groups -OCH3 is 1. The highest BCUT2D eigenvalue weighted by Crippen LogP contribution is 2.32. The fraction of sp³-hybridized carbons (Fsp3) is 0.636. The Labute approximate surface area is 125 Å². The van der Waals surface area contributed by atoms with Gasteiger partial charge in [-0.2, -0.15) is 4.31 Å². The van der Waals surface area contributed by atoms with Gasteiger partial charge in [-0.25, -0.2) is 8.42 Å². The molecule has 1 aliphatic heterocycles. The number of thiophene rings is 1. The maximum atomic E-state index is 12.6. The molecule has 0 aliphatic carbocycles. The Morgan fingerprint density at radius 3 is 2.84 bits per heavy atom. The largest absolute Gasteiger partial charge is 0.381 e. The van der Waals surface area contributed by atoms with E-state index < -0.39 is 10.0 Å². The van der Waals surface area contributed by atoms with Crippen LogP contribution in [0.1, 0.15) is 12.8 Å². The van der Waals surface area contributed by atoms with Crippen molar-refractivity contribution in [2.45, 2.75) is 29.2 Å². The molecule has 2 rings (SSSR count). The molecule has 2 atom stereocenters. The highest BCUT2D eigenvalue weighted by Gasteiger charge is 2.36. The first kappa shape index (κ1) is 15.4. The number of hydrogen-bond acceptors (Lipinski definition) is 5. The Bertz CT molecular complexity index is 532. The summed E-state index contributed by atoms with van der Waals surface area (Å²) < 4.78 is 33.2. The van der Waals surface area contributed by atoms with Gasteiger partial charge in [0.25, 0.3) is 10.0 Å². The van der Waals surface area contributed by atoms with Gasteiger partial charge in [-0.1, -0.05) is 0 Å². The zero-order valence-corrected chi connectivity index (χ0v) is 13.8. The lowest BCUT2D eigenvalue weighted by atomic mass is 10.0. The molecule has 2 heterocycles. The molecule has 2 N–H and O–H groups in total. The second kappa shape index (κ2) is 6.19. The van der Waals surface area contributed by atoms with Gasteiger partial charge in [-0.05, 0) is 40.9 Å². The number of ether oxygens (including phenoxy) is 1. The molecule has 1 aliphatic rings. The van der Waals surface area contributed by atoms with Crippen LogP contribution in [0, 0.1) is 0 Å². The van der Waals surface area contributed by atoms with Gasteiger partial charge in [-0.15, -0.1) is 11.3 Å². The number of rotatable bonds is 4. The third kappa shape index (κ3) is 3.20. The fourth-order valence-electron chi connectivity index (χ4n) is 2.29. The number of nitrogens with two attached hydrogens (primary N) is 1. The minimum atomic E-state index is -3.45. The molecule has 1 fully saturated rings. The summed E-state index contributed by atoms with van der Waals surface area (Å²) in [5, 5.41) is 0. The fourth-order valence-corrected chi connectivity index (χ4v) is 6.09. The lowest BCUT2D eigenvalue weighted by molar-refractivity contribution is 0.0402. The quantitative estimate of drug-likeness (QED) is 0.876. The second-order valence-electron chi connectivity index (χ2n) is 4.45. The average molecular weight is 369 g/mol. The van der Waals surface area contributed by atoms with E-state index in [4.69, 9.17) is 10.5 Å². The van der Waals surface area contributed by atoms with Crippen molar-refractivity contribution in [2.75, 3.05) is 20.2 Å². The van der Waals surface area contributed by atoms with E-state index in [2.05, 4.69) is 15.9 Å². The average Bonchev–Trinajstić information content (AvgIpc) is 2.85. The Balaban J connectivity index is 2.25. The molecule has 2 unspecified atom stereocenters. The van der Waals surface area contributed by atoms with Crippen LogP contribution in [0.2, 0.25) is 0 Å². The Morgan fingerprint density at radius 2 is 2.32 bits per heavy atom. The smallest absolute Gasteiger partial charge is 0.252 e. The Morgan fingerprint density at radius 1 is 1.58 bits per heavy atom. The molecule has 0 radical (unpaired) electrons. The van der Waals surface area contributed by atoms with Crippen LogP contribution in [0.15, 0.2) is 20.1 Å². The highest BCUT2D eigenvalue weighted by molar-refractivity contribution is 9.11. The van der Waals surface area contributed by atoms with Crippen LogP contribution in [0.5, 0.6) is 0 Å². The van der Waals surface area contributed by atoms with Crippen molar-refractivity contribution in [2.24, 2.45) is 5.73 Å². The van der Waals surface area contributed by atoms with Crippen molar-refractivity contribution in [1.29, 1.82) is 0 Å². The standard InChI is InChI=1S/C11H17BrN2O3S2/c1-17-9-4-5-14(8(6-9)7-13)19(15,16)11-3-2-10(12)18-11/h2-3,8-9H,4-7,13H2,1H3. The molecule has 0 spiro atoms. The molecule has 0 aromatic carbocycles. The van der Waals surface area contributed by atoms with Crippen molar-refractivity contribution in [3.05, 3.63) is 15.9 Å². The van der Waals surface area contributed by atoms with Gasteiger partial charge in [0.05, 0.1) is 9.89 Å². The van der Waals surface area contributed by atoms with Gasteiger partial charge in [0.15, 0.2) is 0 Å². The van der Waals surface area contributed by atoms with E-state index in [1.807, 2.05) is 0 Å². The van der Waals surface area contributed by atoms with Crippen LogP contribution >= 0.6 is 27.3 Å². The third-order valence-corrected chi connectivity index (χ3v) is 7.37. The van der Waals surface area contributed by atoms with Gasteiger partial charge in [0.2, 0.25) is 0 Å². The molecule has 0 saturated carbocycles. The first-order valence-corrected chi connectivity index (χ1v) is 9.04. The zero-order chi connectivity index (χ0) is 14.0.